The average Bonchev–Trinajstić information content (AvgIpc) is 2.83. The van der Waals surface area contributed by atoms with E-state index in [0.717, 1.165) is 22.4 Å². The zero-order valence-electron chi connectivity index (χ0n) is 18.4. The van der Waals surface area contributed by atoms with Crippen molar-refractivity contribution in [3.05, 3.63) is 119 Å². The Morgan fingerprint density at radius 1 is 0.688 bits per heavy atom. The van der Waals surface area contributed by atoms with E-state index < -0.39 is 0 Å². The SMILES string of the molecule is Cc1ccc(N=Cc2c(OCc3cccc4ccccc34)ccc3ccccc23)cc1C. The number of hydrogen-bond donors (Lipinski definition) is 0. The molecule has 0 aliphatic carbocycles. The van der Waals surface area contributed by atoms with E-state index in [4.69, 9.17) is 9.73 Å². The first-order chi connectivity index (χ1) is 15.7. The lowest BCUT2D eigenvalue weighted by Crippen LogP contribution is -2.00. The smallest absolute Gasteiger partial charge is 0.129 e. The van der Waals surface area contributed by atoms with Crippen LogP contribution in [0.25, 0.3) is 21.5 Å². The molecule has 5 rings (SSSR count). The fourth-order valence-electron chi connectivity index (χ4n) is 4.05. The zero-order valence-corrected chi connectivity index (χ0v) is 18.4. The maximum atomic E-state index is 6.38. The Bertz CT molecular complexity index is 1440. The normalized spacial score (nSPS) is 11.4. The lowest BCUT2D eigenvalue weighted by Gasteiger charge is -2.13. The molecule has 0 fully saturated rings. The van der Waals surface area contributed by atoms with Gasteiger partial charge in [-0.05, 0) is 70.3 Å². The summed E-state index contributed by atoms with van der Waals surface area (Å²) >= 11 is 0. The van der Waals surface area contributed by atoms with Gasteiger partial charge in [0.05, 0.1) is 5.69 Å². The van der Waals surface area contributed by atoms with Gasteiger partial charge in [-0.3, -0.25) is 4.99 Å². The second-order valence-corrected chi connectivity index (χ2v) is 8.15. The van der Waals surface area contributed by atoms with Gasteiger partial charge in [0.2, 0.25) is 0 Å². The van der Waals surface area contributed by atoms with Gasteiger partial charge in [-0.15, -0.1) is 0 Å². The first-order valence-electron chi connectivity index (χ1n) is 10.9. The summed E-state index contributed by atoms with van der Waals surface area (Å²) in [6.45, 7) is 4.74. The quantitative estimate of drug-likeness (QED) is 0.267. The van der Waals surface area contributed by atoms with Crippen LogP contribution >= 0.6 is 0 Å². The minimum atomic E-state index is 0.504. The summed E-state index contributed by atoms with van der Waals surface area (Å²) < 4.78 is 6.38. The topological polar surface area (TPSA) is 21.6 Å². The van der Waals surface area contributed by atoms with E-state index in [1.165, 1.54) is 32.8 Å². The molecule has 0 amide bonds. The number of nitrogens with zero attached hydrogens (tertiary/aromatic N) is 1. The third kappa shape index (κ3) is 4.00. The van der Waals surface area contributed by atoms with Crippen molar-refractivity contribution in [1.82, 2.24) is 0 Å². The van der Waals surface area contributed by atoms with Gasteiger partial charge >= 0.3 is 0 Å². The molecule has 2 heteroatoms. The fraction of sp³-hybridized carbons (Fsp3) is 0.100. The van der Waals surface area contributed by atoms with Crippen molar-refractivity contribution in [2.75, 3.05) is 0 Å². The molecule has 0 saturated heterocycles. The molecule has 0 aliphatic rings. The van der Waals surface area contributed by atoms with Crippen LogP contribution in [0.3, 0.4) is 0 Å². The van der Waals surface area contributed by atoms with Gasteiger partial charge in [-0.2, -0.15) is 0 Å². The lowest BCUT2D eigenvalue weighted by atomic mass is 10.0. The number of rotatable bonds is 5. The number of aliphatic imine (C=N–C) groups is 1. The van der Waals surface area contributed by atoms with Crippen LogP contribution in [0.2, 0.25) is 0 Å². The minimum absolute atomic E-state index is 0.504. The van der Waals surface area contributed by atoms with E-state index in [9.17, 15) is 0 Å². The predicted molar refractivity (Wildman–Crippen MR) is 135 cm³/mol. The van der Waals surface area contributed by atoms with Gasteiger partial charge in [0.25, 0.3) is 0 Å². The Balaban J connectivity index is 1.52. The van der Waals surface area contributed by atoms with E-state index in [2.05, 4.69) is 111 Å². The van der Waals surface area contributed by atoms with E-state index in [1.807, 2.05) is 6.21 Å². The maximum absolute atomic E-state index is 6.38. The van der Waals surface area contributed by atoms with Crippen LogP contribution in [-0.2, 0) is 6.61 Å². The molecule has 0 bridgehead atoms. The molecule has 0 atom stereocenters. The van der Waals surface area contributed by atoms with Gasteiger partial charge in [-0.25, -0.2) is 0 Å². The summed E-state index contributed by atoms with van der Waals surface area (Å²) in [5, 5.41) is 4.76. The third-order valence-electron chi connectivity index (χ3n) is 6.03. The first-order valence-corrected chi connectivity index (χ1v) is 10.9. The molecule has 0 aromatic heterocycles. The molecule has 5 aromatic carbocycles. The highest BCUT2D eigenvalue weighted by Crippen LogP contribution is 2.29. The van der Waals surface area contributed by atoms with E-state index >= 15 is 0 Å². The van der Waals surface area contributed by atoms with Crippen LogP contribution in [0.4, 0.5) is 5.69 Å². The van der Waals surface area contributed by atoms with Crippen molar-refractivity contribution in [1.29, 1.82) is 0 Å². The van der Waals surface area contributed by atoms with Crippen molar-refractivity contribution >= 4 is 33.4 Å². The number of hydrogen-bond acceptors (Lipinski definition) is 2. The molecule has 0 saturated carbocycles. The van der Waals surface area contributed by atoms with Crippen LogP contribution in [0.1, 0.15) is 22.3 Å². The van der Waals surface area contributed by atoms with Gasteiger partial charge in [0, 0.05) is 11.8 Å². The fourth-order valence-corrected chi connectivity index (χ4v) is 4.05. The van der Waals surface area contributed by atoms with Crippen LogP contribution in [0.15, 0.2) is 102 Å². The highest BCUT2D eigenvalue weighted by molar-refractivity contribution is 6.03. The van der Waals surface area contributed by atoms with E-state index in [1.54, 1.807) is 0 Å². The molecule has 0 spiro atoms. The zero-order chi connectivity index (χ0) is 21.9. The number of ether oxygens (including phenoxy) is 1. The Labute approximate surface area is 188 Å². The summed E-state index contributed by atoms with van der Waals surface area (Å²) in [4.78, 5) is 4.79. The summed E-state index contributed by atoms with van der Waals surface area (Å²) in [5.74, 6) is 0.837. The lowest BCUT2D eigenvalue weighted by molar-refractivity contribution is 0.307. The Morgan fingerprint density at radius 3 is 2.22 bits per heavy atom. The molecule has 2 nitrogen and oxygen atoms in total. The van der Waals surface area contributed by atoms with Crippen molar-refractivity contribution in [3.8, 4) is 5.75 Å². The summed E-state index contributed by atoms with van der Waals surface area (Å²) in [6, 6.07) is 33.6. The van der Waals surface area contributed by atoms with Gasteiger partial charge in [-0.1, -0.05) is 78.9 Å². The summed E-state index contributed by atoms with van der Waals surface area (Å²) in [5.41, 5.74) is 5.63. The third-order valence-corrected chi connectivity index (χ3v) is 6.03. The summed E-state index contributed by atoms with van der Waals surface area (Å²) in [7, 11) is 0. The Kier molecular flexibility index (Phi) is 5.43. The largest absolute Gasteiger partial charge is 0.488 e. The predicted octanol–water partition coefficient (Wildman–Crippen LogP) is 7.94. The number of benzene rings is 5. The first kappa shape index (κ1) is 20.0. The van der Waals surface area contributed by atoms with Gasteiger partial charge in [0.15, 0.2) is 0 Å². The highest BCUT2D eigenvalue weighted by atomic mass is 16.5. The molecular weight excluding hydrogens is 390 g/mol. The van der Waals surface area contributed by atoms with Gasteiger partial charge in [0.1, 0.15) is 12.4 Å². The van der Waals surface area contributed by atoms with Crippen LogP contribution in [0, 0.1) is 13.8 Å². The molecule has 0 unspecified atom stereocenters. The highest BCUT2D eigenvalue weighted by Gasteiger charge is 2.09. The molecule has 0 heterocycles. The Morgan fingerprint density at radius 2 is 1.41 bits per heavy atom. The number of aryl methyl sites for hydroxylation is 2. The Hall–Kier alpha value is -3.91. The molecule has 0 aliphatic heterocycles. The maximum Gasteiger partial charge on any atom is 0.129 e. The molecule has 0 radical (unpaired) electrons. The van der Waals surface area contributed by atoms with Gasteiger partial charge < -0.3 is 4.74 Å². The second-order valence-electron chi connectivity index (χ2n) is 8.15. The molecule has 156 valence electrons. The number of fused-ring (bicyclic) bond motifs is 2. The van der Waals surface area contributed by atoms with Crippen molar-refractivity contribution in [2.45, 2.75) is 20.5 Å². The molecule has 0 N–H and O–H groups in total. The van der Waals surface area contributed by atoms with Crippen molar-refractivity contribution < 1.29 is 4.74 Å². The summed E-state index contributed by atoms with van der Waals surface area (Å²) in [6.07, 6.45) is 1.94. The molecular formula is C30H25NO. The van der Waals surface area contributed by atoms with Crippen molar-refractivity contribution in [2.24, 2.45) is 4.99 Å². The van der Waals surface area contributed by atoms with E-state index in [-0.39, 0.29) is 0 Å². The van der Waals surface area contributed by atoms with Crippen LogP contribution in [-0.4, -0.2) is 6.21 Å². The average molecular weight is 416 g/mol. The standard InChI is InChI=1S/C30H25NO/c1-21-14-16-26(18-22(21)2)31-19-29-28-13-6-4-9-24(28)15-17-30(29)32-20-25-11-7-10-23-8-3-5-12-27(23)25/h3-19H,20H2,1-2H3. The molecule has 5 aromatic rings. The second kappa shape index (κ2) is 8.68. The molecule has 32 heavy (non-hydrogen) atoms. The monoisotopic (exact) mass is 415 g/mol. The van der Waals surface area contributed by atoms with Crippen LogP contribution in [0.5, 0.6) is 5.75 Å². The van der Waals surface area contributed by atoms with E-state index in [0.29, 0.717) is 6.61 Å². The minimum Gasteiger partial charge on any atom is -0.488 e. The van der Waals surface area contributed by atoms with Crippen molar-refractivity contribution in [3.63, 3.8) is 0 Å². The van der Waals surface area contributed by atoms with Crippen LogP contribution < -0.4 is 4.74 Å².